The first kappa shape index (κ1) is 15.3. The fourth-order valence-corrected chi connectivity index (χ4v) is 1.84. The van der Waals surface area contributed by atoms with Crippen LogP contribution in [0.4, 0.5) is 0 Å². The van der Waals surface area contributed by atoms with Gasteiger partial charge in [0.1, 0.15) is 0 Å². The van der Waals surface area contributed by atoms with Gasteiger partial charge in [-0.25, -0.2) is 0 Å². The average Bonchev–Trinajstić information content (AvgIpc) is 2.36. The maximum absolute atomic E-state index is 11.9. The highest BCUT2D eigenvalue weighted by molar-refractivity contribution is 7.80. The first-order chi connectivity index (χ1) is 8.52. The van der Waals surface area contributed by atoms with Crippen LogP contribution in [0.1, 0.15) is 6.42 Å². The van der Waals surface area contributed by atoms with Gasteiger partial charge in [0.15, 0.2) is 0 Å². The predicted octanol–water partition coefficient (Wildman–Crippen LogP) is -1.19. The first-order valence-electron chi connectivity index (χ1n) is 6.00. The van der Waals surface area contributed by atoms with Crippen molar-refractivity contribution < 1.29 is 14.6 Å². The lowest BCUT2D eigenvalue weighted by atomic mass is 10.2. The first-order valence-corrected chi connectivity index (χ1v) is 6.41. The van der Waals surface area contributed by atoms with Gasteiger partial charge in [0.05, 0.1) is 30.9 Å². The molecule has 1 aliphatic heterocycles. The largest absolute Gasteiger partial charge is 0.394 e. The summed E-state index contributed by atoms with van der Waals surface area (Å²) in [4.78, 5) is 16.0. The Balaban J connectivity index is 2.32. The molecule has 0 bridgehead atoms. The average molecular weight is 275 g/mol. The molecule has 1 unspecified atom stereocenters. The van der Waals surface area contributed by atoms with E-state index in [1.807, 2.05) is 4.90 Å². The zero-order valence-corrected chi connectivity index (χ0v) is 11.5. The summed E-state index contributed by atoms with van der Waals surface area (Å²) in [6.45, 7) is 2.73. The van der Waals surface area contributed by atoms with Crippen molar-refractivity contribution in [2.45, 2.75) is 12.5 Å². The van der Waals surface area contributed by atoms with Crippen LogP contribution in [0.5, 0.6) is 0 Å². The highest BCUT2D eigenvalue weighted by Gasteiger charge is 2.22. The topological polar surface area (TPSA) is 79.0 Å². The van der Waals surface area contributed by atoms with Crippen LogP contribution < -0.4 is 5.73 Å². The molecular weight excluding hydrogens is 254 g/mol. The molecule has 1 heterocycles. The van der Waals surface area contributed by atoms with Crippen molar-refractivity contribution in [2.75, 3.05) is 46.4 Å². The number of hydrogen-bond donors (Lipinski definition) is 2. The van der Waals surface area contributed by atoms with Gasteiger partial charge in [-0.1, -0.05) is 12.2 Å². The van der Waals surface area contributed by atoms with Crippen molar-refractivity contribution in [1.82, 2.24) is 9.80 Å². The lowest BCUT2D eigenvalue weighted by Crippen LogP contribution is -2.48. The van der Waals surface area contributed by atoms with Crippen LogP contribution in [0.15, 0.2) is 0 Å². The van der Waals surface area contributed by atoms with Gasteiger partial charge in [-0.3, -0.25) is 9.69 Å². The Hall–Kier alpha value is -0.760. The number of ether oxygens (including phenoxy) is 1. The Morgan fingerprint density at radius 3 is 3.00 bits per heavy atom. The minimum Gasteiger partial charge on any atom is -0.394 e. The number of thiocarbonyl (C=S) groups is 1. The summed E-state index contributed by atoms with van der Waals surface area (Å²) < 4.78 is 5.33. The van der Waals surface area contributed by atoms with Crippen molar-refractivity contribution in [1.29, 1.82) is 0 Å². The van der Waals surface area contributed by atoms with Gasteiger partial charge in [-0.05, 0) is 0 Å². The highest BCUT2D eigenvalue weighted by Crippen LogP contribution is 2.05. The number of carbonyl (C=O) groups is 1. The van der Waals surface area contributed by atoms with Crippen LogP contribution in [-0.4, -0.2) is 78.3 Å². The van der Waals surface area contributed by atoms with Crippen molar-refractivity contribution in [3.05, 3.63) is 0 Å². The van der Waals surface area contributed by atoms with Crippen LogP contribution in [0.3, 0.4) is 0 Å². The van der Waals surface area contributed by atoms with Gasteiger partial charge in [-0.2, -0.15) is 0 Å². The van der Waals surface area contributed by atoms with E-state index in [0.29, 0.717) is 44.2 Å². The molecule has 1 fully saturated rings. The number of hydrogen-bond acceptors (Lipinski definition) is 5. The summed E-state index contributed by atoms with van der Waals surface area (Å²) in [5, 5.41) is 9.02. The van der Waals surface area contributed by atoms with Crippen LogP contribution >= 0.6 is 12.2 Å². The summed E-state index contributed by atoms with van der Waals surface area (Å²) in [6.07, 6.45) is 0.355. The number of rotatable bonds is 6. The van der Waals surface area contributed by atoms with Crippen molar-refractivity contribution in [3.63, 3.8) is 0 Å². The van der Waals surface area contributed by atoms with E-state index in [1.165, 1.54) is 0 Å². The zero-order valence-electron chi connectivity index (χ0n) is 10.7. The zero-order chi connectivity index (χ0) is 13.5. The van der Waals surface area contributed by atoms with E-state index < -0.39 is 0 Å². The summed E-state index contributed by atoms with van der Waals surface area (Å²) in [6, 6.07) is 0. The Morgan fingerprint density at radius 1 is 1.67 bits per heavy atom. The summed E-state index contributed by atoms with van der Waals surface area (Å²) in [7, 11) is 1.74. The molecular formula is C11H21N3O3S. The van der Waals surface area contributed by atoms with Gasteiger partial charge in [0.25, 0.3) is 0 Å². The molecule has 6 nitrogen and oxygen atoms in total. The molecule has 1 saturated heterocycles. The molecule has 1 rings (SSSR count). The van der Waals surface area contributed by atoms with E-state index in [1.54, 1.807) is 11.9 Å². The number of aliphatic hydroxyl groups is 1. The maximum Gasteiger partial charge on any atom is 0.236 e. The Morgan fingerprint density at radius 2 is 2.39 bits per heavy atom. The van der Waals surface area contributed by atoms with E-state index in [4.69, 9.17) is 27.8 Å². The number of nitrogens with zero attached hydrogens (tertiary/aromatic N) is 2. The molecule has 0 radical (unpaired) electrons. The molecule has 1 atom stereocenters. The molecule has 0 spiro atoms. The molecule has 0 saturated carbocycles. The molecule has 0 aromatic rings. The molecule has 1 aliphatic rings. The van der Waals surface area contributed by atoms with Gasteiger partial charge in [0.2, 0.25) is 5.91 Å². The SMILES string of the molecule is CN(CCC(N)=S)C(=O)CN1CCOC(CO)C1. The summed E-state index contributed by atoms with van der Waals surface area (Å²) in [5.41, 5.74) is 5.40. The third-order valence-electron chi connectivity index (χ3n) is 2.90. The number of morpholine rings is 1. The fraction of sp³-hybridized carbons (Fsp3) is 0.818. The molecule has 1 amide bonds. The van der Waals surface area contributed by atoms with E-state index in [-0.39, 0.29) is 18.6 Å². The summed E-state index contributed by atoms with van der Waals surface area (Å²) in [5.74, 6) is 0.0323. The predicted molar refractivity (Wildman–Crippen MR) is 72.3 cm³/mol. The van der Waals surface area contributed by atoms with Gasteiger partial charge >= 0.3 is 0 Å². The van der Waals surface area contributed by atoms with E-state index in [0.717, 1.165) is 0 Å². The van der Waals surface area contributed by atoms with Crippen LogP contribution in [-0.2, 0) is 9.53 Å². The maximum atomic E-state index is 11.9. The molecule has 3 N–H and O–H groups in total. The molecule has 0 aliphatic carbocycles. The highest BCUT2D eigenvalue weighted by atomic mass is 32.1. The van der Waals surface area contributed by atoms with Crippen LogP contribution in [0.25, 0.3) is 0 Å². The number of nitrogens with two attached hydrogens (primary N) is 1. The van der Waals surface area contributed by atoms with Crippen molar-refractivity contribution in [2.24, 2.45) is 5.73 Å². The van der Waals surface area contributed by atoms with Gasteiger partial charge < -0.3 is 20.5 Å². The Kier molecular flexibility index (Phi) is 6.48. The quantitative estimate of drug-likeness (QED) is 0.594. The number of aliphatic hydroxyl groups excluding tert-OH is 1. The van der Waals surface area contributed by atoms with Crippen molar-refractivity contribution >= 4 is 23.1 Å². The second-order valence-corrected chi connectivity index (χ2v) is 4.97. The van der Waals surface area contributed by atoms with Gasteiger partial charge in [0, 0.05) is 33.1 Å². The third kappa shape index (κ3) is 5.26. The third-order valence-corrected chi connectivity index (χ3v) is 3.11. The lowest BCUT2D eigenvalue weighted by molar-refractivity contribution is -0.133. The van der Waals surface area contributed by atoms with Gasteiger partial charge in [-0.15, -0.1) is 0 Å². The standard InChI is InChI=1S/C11H21N3O3S/c1-13(3-2-10(12)18)11(16)7-14-4-5-17-9(6-14)8-15/h9,15H,2-8H2,1H3,(H2,12,18). The van der Waals surface area contributed by atoms with E-state index >= 15 is 0 Å². The normalized spacial score (nSPS) is 20.7. The minimum atomic E-state index is -0.187. The lowest BCUT2D eigenvalue weighted by Gasteiger charge is -2.32. The number of carbonyl (C=O) groups excluding carboxylic acids is 1. The Labute approximate surface area is 113 Å². The smallest absolute Gasteiger partial charge is 0.236 e. The van der Waals surface area contributed by atoms with Crippen molar-refractivity contribution in [3.8, 4) is 0 Å². The van der Waals surface area contributed by atoms with E-state index in [9.17, 15) is 4.79 Å². The molecule has 7 heteroatoms. The molecule has 0 aromatic carbocycles. The number of likely N-dealkylation sites (N-methyl/N-ethyl adjacent to an activating group) is 1. The molecule has 0 aromatic heterocycles. The van der Waals surface area contributed by atoms with Crippen LogP contribution in [0, 0.1) is 0 Å². The van der Waals surface area contributed by atoms with Crippen LogP contribution in [0.2, 0.25) is 0 Å². The Bertz CT molecular complexity index is 301. The fourth-order valence-electron chi connectivity index (χ4n) is 1.75. The number of amides is 1. The molecule has 104 valence electrons. The van der Waals surface area contributed by atoms with E-state index in [2.05, 4.69) is 0 Å². The molecule has 18 heavy (non-hydrogen) atoms. The second kappa shape index (κ2) is 7.63. The summed E-state index contributed by atoms with van der Waals surface area (Å²) >= 11 is 4.78. The minimum absolute atomic E-state index is 0.0119. The monoisotopic (exact) mass is 275 g/mol. The second-order valence-electron chi connectivity index (χ2n) is 4.44.